The average molecular weight is 245 g/mol. The third kappa shape index (κ3) is 1.57. The molecule has 4 heteroatoms. The second kappa shape index (κ2) is 3.88. The first-order valence-corrected chi connectivity index (χ1v) is 5.97. The summed E-state index contributed by atoms with van der Waals surface area (Å²) in [4.78, 5) is 13.1. The molecule has 1 aromatic carbocycles. The normalized spacial score (nSPS) is 11.2. The molecule has 0 fully saturated rings. The topological polar surface area (TPSA) is 43.6 Å². The highest BCUT2D eigenvalue weighted by Crippen LogP contribution is 2.18. The number of nitrogens with zero attached hydrogens (tertiary/aromatic N) is 4. The molecule has 3 aromatic heterocycles. The summed E-state index contributed by atoms with van der Waals surface area (Å²) in [5, 5.41) is 1.13. The van der Waals surface area contributed by atoms with Gasteiger partial charge in [0.05, 0.1) is 11.0 Å². The van der Waals surface area contributed by atoms with E-state index < -0.39 is 0 Å². The Kier molecular flexibility index (Phi) is 2.08. The monoisotopic (exact) mass is 245 g/mol. The van der Waals surface area contributed by atoms with E-state index >= 15 is 0 Å². The maximum atomic E-state index is 4.65. The maximum Gasteiger partial charge on any atom is 0.178 e. The molecule has 89 valence electrons. The lowest BCUT2D eigenvalue weighted by Crippen LogP contribution is -1.95. The number of hydrogen-bond acceptors (Lipinski definition) is 3. The van der Waals surface area contributed by atoms with Crippen LogP contribution in [0.5, 0.6) is 0 Å². The summed E-state index contributed by atoms with van der Waals surface area (Å²) >= 11 is 0. The zero-order valence-electron chi connectivity index (χ0n) is 9.99. The van der Waals surface area contributed by atoms with Crippen LogP contribution in [0.2, 0.25) is 0 Å². The second-order valence-electron chi connectivity index (χ2n) is 4.25. The van der Waals surface area contributed by atoms with Gasteiger partial charge in [-0.15, -0.1) is 0 Å². The van der Waals surface area contributed by atoms with Crippen molar-refractivity contribution in [2.75, 3.05) is 0 Å². The van der Waals surface area contributed by atoms with Crippen LogP contribution in [0.25, 0.3) is 27.9 Å². The van der Waals surface area contributed by atoms with Crippen LogP contribution in [0.15, 0.2) is 55.0 Å². The van der Waals surface area contributed by atoms with E-state index in [1.807, 2.05) is 41.0 Å². The summed E-state index contributed by atoms with van der Waals surface area (Å²) in [7, 11) is 0. The standard InChI is InChI=1S/C15H9N4/c1-2-5-12-11(4-1)7-8-14(18-12)19-10-17-15-13(19)6-3-9-16-15/h1-2,4-10H. The Bertz CT molecular complexity index is 879. The molecule has 0 amide bonds. The first-order chi connectivity index (χ1) is 9.42. The summed E-state index contributed by atoms with van der Waals surface area (Å²) in [6.45, 7) is 0. The lowest BCUT2D eigenvalue weighted by atomic mass is 10.2. The Hall–Kier alpha value is -2.75. The highest BCUT2D eigenvalue weighted by Gasteiger charge is 2.06. The fraction of sp³-hybridized carbons (Fsp3) is 0. The summed E-state index contributed by atoms with van der Waals surface area (Å²) < 4.78 is 1.92. The van der Waals surface area contributed by atoms with Gasteiger partial charge < -0.3 is 0 Å². The number of para-hydroxylation sites is 1. The molecule has 4 rings (SSSR count). The number of aromatic nitrogens is 4. The third-order valence-electron chi connectivity index (χ3n) is 3.10. The van der Waals surface area contributed by atoms with Crippen molar-refractivity contribution in [2.24, 2.45) is 0 Å². The zero-order chi connectivity index (χ0) is 12.7. The molecular formula is C15H9N4. The van der Waals surface area contributed by atoms with Crippen molar-refractivity contribution < 1.29 is 0 Å². The van der Waals surface area contributed by atoms with Crippen LogP contribution >= 0.6 is 0 Å². The van der Waals surface area contributed by atoms with E-state index in [2.05, 4.69) is 27.1 Å². The highest BCUT2D eigenvalue weighted by atomic mass is 15.1. The van der Waals surface area contributed by atoms with Crippen LogP contribution in [0.4, 0.5) is 0 Å². The van der Waals surface area contributed by atoms with Gasteiger partial charge in [0.2, 0.25) is 0 Å². The number of rotatable bonds is 1. The van der Waals surface area contributed by atoms with Gasteiger partial charge in [-0.2, -0.15) is 0 Å². The quantitative estimate of drug-likeness (QED) is 0.518. The SMILES string of the molecule is [c]1cnc2ncn(-c3ccc4ccccc4n3)c2c1. The molecule has 4 aromatic rings. The fourth-order valence-electron chi connectivity index (χ4n) is 2.17. The molecule has 4 nitrogen and oxygen atoms in total. The molecule has 0 saturated heterocycles. The van der Waals surface area contributed by atoms with Gasteiger partial charge >= 0.3 is 0 Å². The van der Waals surface area contributed by atoms with Gasteiger partial charge in [0.1, 0.15) is 12.1 Å². The third-order valence-corrected chi connectivity index (χ3v) is 3.10. The van der Waals surface area contributed by atoms with E-state index in [9.17, 15) is 0 Å². The van der Waals surface area contributed by atoms with Gasteiger partial charge in [0, 0.05) is 17.6 Å². The lowest BCUT2D eigenvalue weighted by molar-refractivity contribution is 1.04. The molecule has 0 unspecified atom stereocenters. The minimum Gasteiger partial charge on any atom is -0.281 e. The van der Waals surface area contributed by atoms with Crippen LogP contribution in [0.3, 0.4) is 0 Å². The van der Waals surface area contributed by atoms with Crippen molar-refractivity contribution in [1.29, 1.82) is 0 Å². The van der Waals surface area contributed by atoms with Crippen LogP contribution in [-0.2, 0) is 0 Å². The number of pyridine rings is 2. The van der Waals surface area contributed by atoms with Gasteiger partial charge in [-0.3, -0.25) is 4.57 Å². The summed E-state index contributed by atoms with van der Waals surface area (Å²) in [5.41, 5.74) is 2.58. The Balaban J connectivity index is 1.99. The van der Waals surface area contributed by atoms with E-state index in [1.165, 1.54) is 0 Å². The Morgan fingerprint density at radius 2 is 1.95 bits per heavy atom. The second-order valence-corrected chi connectivity index (χ2v) is 4.25. The summed E-state index contributed by atoms with van der Waals surface area (Å²) in [6.07, 6.45) is 3.36. The van der Waals surface area contributed by atoms with Gasteiger partial charge in [-0.25, -0.2) is 15.0 Å². The van der Waals surface area contributed by atoms with E-state index in [0.29, 0.717) is 5.65 Å². The van der Waals surface area contributed by atoms with E-state index in [4.69, 9.17) is 0 Å². The maximum absolute atomic E-state index is 4.65. The minimum atomic E-state index is 0.703. The van der Waals surface area contributed by atoms with E-state index in [-0.39, 0.29) is 0 Å². The van der Waals surface area contributed by atoms with Gasteiger partial charge in [0.25, 0.3) is 0 Å². The minimum absolute atomic E-state index is 0.703. The average Bonchev–Trinajstić information content (AvgIpc) is 2.91. The van der Waals surface area contributed by atoms with Crippen molar-refractivity contribution in [3.8, 4) is 5.82 Å². The number of imidazole rings is 1. The molecule has 3 heterocycles. The van der Waals surface area contributed by atoms with Crippen LogP contribution in [0.1, 0.15) is 0 Å². The van der Waals surface area contributed by atoms with Crippen molar-refractivity contribution in [3.05, 3.63) is 61.1 Å². The predicted octanol–water partition coefficient (Wildman–Crippen LogP) is 2.77. The first kappa shape index (κ1) is 10.2. The van der Waals surface area contributed by atoms with E-state index in [0.717, 1.165) is 22.2 Å². The van der Waals surface area contributed by atoms with Crippen LogP contribution < -0.4 is 0 Å². The summed E-state index contributed by atoms with van der Waals surface area (Å²) in [6, 6.07) is 16.9. The molecule has 0 aliphatic heterocycles. The number of hydrogen-bond donors (Lipinski definition) is 0. The molecular weight excluding hydrogens is 236 g/mol. The van der Waals surface area contributed by atoms with Crippen molar-refractivity contribution in [3.63, 3.8) is 0 Å². The smallest absolute Gasteiger partial charge is 0.178 e. The first-order valence-electron chi connectivity index (χ1n) is 5.97. The fourth-order valence-corrected chi connectivity index (χ4v) is 2.17. The van der Waals surface area contributed by atoms with Gasteiger partial charge in [0.15, 0.2) is 5.65 Å². The zero-order valence-corrected chi connectivity index (χ0v) is 9.99. The van der Waals surface area contributed by atoms with Crippen LogP contribution in [-0.4, -0.2) is 19.5 Å². The van der Waals surface area contributed by atoms with Crippen molar-refractivity contribution in [2.45, 2.75) is 0 Å². The van der Waals surface area contributed by atoms with Crippen molar-refractivity contribution in [1.82, 2.24) is 19.5 Å². The largest absolute Gasteiger partial charge is 0.281 e. The molecule has 0 aliphatic carbocycles. The molecule has 0 aliphatic rings. The Labute approximate surface area is 109 Å². The van der Waals surface area contributed by atoms with Crippen molar-refractivity contribution >= 4 is 22.1 Å². The molecule has 0 spiro atoms. The Morgan fingerprint density at radius 1 is 1.00 bits per heavy atom. The lowest BCUT2D eigenvalue weighted by Gasteiger charge is -2.04. The number of fused-ring (bicyclic) bond motifs is 2. The number of benzene rings is 1. The van der Waals surface area contributed by atoms with E-state index in [1.54, 1.807) is 12.5 Å². The molecule has 0 N–H and O–H groups in total. The van der Waals surface area contributed by atoms with Gasteiger partial charge in [-0.1, -0.05) is 18.2 Å². The van der Waals surface area contributed by atoms with Crippen LogP contribution in [0, 0.1) is 6.07 Å². The summed E-state index contributed by atoms with van der Waals surface area (Å²) in [5.74, 6) is 0.836. The molecule has 0 bridgehead atoms. The molecule has 19 heavy (non-hydrogen) atoms. The van der Waals surface area contributed by atoms with Gasteiger partial charge in [-0.05, 0) is 24.3 Å². The molecule has 1 radical (unpaired) electrons. The molecule has 0 saturated carbocycles. The Morgan fingerprint density at radius 3 is 2.95 bits per heavy atom. The molecule has 0 atom stereocenters. The highest BCUT2D eigenvalue weighted by molar-refractivity contribution is 5.80. The predicted molar refractivity (Wildman–Crippen MR) is 73.0 cm³/mol.